The summed E-state index contributed by atoms with van der Waals surface area (Å²) in [6.07, 6.45) is 3.88. The molecule has 0 spiro atoms. The standard InChI is InChI=1S/C18H20BrN/c19-17-10-8-14(9-11-17)12-20-13-16-6-3-5-15-4-1-2-7-18(15)16/h1-2,4,7-11,16,20H,3,5-6,12-13H2. The third kappa shape index (κ3) is 3.31. The van der Waals surface area contributed by atoms with Crippen LogP contribution in [0.2, 0.25) is 0 Å². The summed E-state index contributed by atoms with van der Waals surface area (Å²) in [5, 5.41) is 3.62. The average molecular weight is 330 g/mol. The monoisotopic (exact) mass is 329 g/mol. The Balaban J connectivity index is 1.58. The Morgan fingerprint density at radius 2 is 1.85 bits per heavy atom. The second kappa shape index (κ2) is 6.55. The molecule has 0 bridgehead atoms. The molecule has 2 heteroatoms. The number of hydrogen-bond acceptors (Lipinski definition) is 1. The molecule has 0 aromatic heterocycles. The van der Waals surface area contributed by atoms with Crippen LogP contribution in [0.25, 0.3) is 0 Å². The number of aryl methyl sites for hydroxylation is 1. The summed E-state index contributed by atoms with van der Waals surface area (Å²) in [4.78, 5) is 0. The van der Waals surface area contributed by atoms with E-state index in [1.165, 1.54) is 24.8 Å². The Morgan fingerprint density at radius 3 is 2.70 bits per heavy atom. The first-order chi connectivity index (χ1) is 9.83. The van der Waals surface area contributed by atoms with E-state index >= 15 is 0 Å². The van der Waals surface area contributed by atoms with E-state index in [9.17, 15) is 0 Å². The van der Waals surface area contributed by atoms with E-state index in [2.05, 4.69) is 69.8 Å². The maximum atomic E-state index is 3.62. The normalized spacial score (nSPS) is 17.8. The molecule has 0 amide bonds. The Hall–Kier alpha value is -1.12. The molecule has 3 rings (SSSR count). The van der Waals surface area contributed by atoms with Gasteiger partial charge in [0.25, 0.3) is 0 Å². The lowest BCUT2D eigenvalue weighted by Gasteiger charge is -2.25. The van der Waals surface area contributed by atoms with Crippen LogP contribution in [0.4, 0.5) is 0 Å². The van der Waals surface area contributed by atoms with Gasteiger partial charge in [-0.25, -0.2) is 0 Å². The summed E-state index contributed by atoms with van der Waals surface area (Å²) >= 11 is 3.47. The molecule has 20 heavy (non-hydrogen) atoms. The topological polar surface area (TPSA) is 12.0 Å². The van der Waals surface area contributed by atoms with Crippen molar-refractivity contribution in [3.8, 4) is 0 Å². The first-order valence-corrected chi connectivity index (χ1v) is 8.15. The van der Waals surface area contributed by atoms with E-state index in [0.717, 1.165) is 17.6 Å². The van der Waals surface area contributed by atoms with Gasteiger partial charge in [-0.05, 0) is 54.0 Å². The van der Waals surface area contributed by atoms with Gasteiger partial charge in [-0.15, -0.1) is 0 Å². The minimum absolute atomic E-state index is 0.676. The van der Waals surface area contributed by atoms with Gasteiger partial charge in [0, 0.05) is 17.6 Å². The van der Waals surface area contributed by atoms with E-state index in [1.807, 2.05) is 0 Å². The average Bonchev–Trinajstić information content (AvgIpc) is 2.49. The number of hydrogen-bond donors (Lipinski definition) is 1. The summed E-state index contributed by atoms with van der Waals surface area (Å²) in [6, 6.07) is 17.5. The smallest absolute Gasteiger partial charge is 0.0205 e. The molecule has 1 nitrogen and oxygen atoms in total. The maximum absolute atomic E-state index is 3.62. The molecule has 2 aromatic carbocycles. The van der Waals surface area contributed by atoms with Crippen LogP contribution >= 0.6 is 15.9 Å². The molecule has 0 radical (unpaired) electrons. The number of benzene rings is 2. The Bertz CT molecular complexity index is 562. The third-order valence-corrected chi connectivity index (χ3v) is 4.66. The van der Waals surface area contributed by atoms with E-state index in [4.69, 9.17) is 0 Å². The summed E-state index contributed by atoms with van der Waals surface area (Å²) < 4.78 is 1.14. The van der Waals surface area contributed by atoms with Crippen LogP contribution in [0.15, 0.2) is 53.0 Å². The molecule has 1 N–H and O–H groups in total. The first kappa shape index (κ1) is 13.8. The van der Waals surface area contributed by atoms with Crippen molar-refractivity contribution in [3.63, 3.8) is 0 Å². The lowest BCUT2D eigenvalue weighted by Crippen LogP contribution is -2.24. The van der Waals surface area contributed by atoms with Crippen molar-refractivity contribution in [1.29, 1.82) is 0 Å². The van der Waals surface area contributed by atoms with Gasteiger partial charge >= 0.3 is 0 Å². The minimum Gasteiger partial charge on any atom is -0.312 e. The van der Waals surface area contributed by atoms with Gasteiger partial charge in [0.2, 0.25) is 0 Å². The molecular formula is C18H20BrN. The molecule has 0 aliphatic heterocycles. The second-order valence-electron chi connectivity index (χ2n) is 5.55. The highest BCUT2D eigenvalue weighted by Crippen LogP contribution is 2.30. The molecular weight excluding hydrogens is 310 g/mol. The molecule has 0 saturated heterocycles. The highest BCUT2D eigenvalue weighted by Gasteiger charge is 2.18. The lowest BCUT2D eigenvalue weighted by atomic mass is 9.83. The Morgan fingerprint density at radius 1 is 1.05 bits per heavy atom. The van der Waals surface area contributed by atoms with Crippen LogP contribution in [0.5, 0.6) is 0 Å². The molecule has 0 fully saturated rings. The van der Waals surface area contributed by atoms with Crippen molar-refractivity contribution >= 4 is 15.9 Å². The minimum atomic E-state index is 0.676. The molecule has 1 atom stereocenters. The summed E-state index contributed by atoms with van der Waals surface area (Å²) in [7, 11) is 0. The third-order valence-electron chi connectivity index (χ3n) is 4.13. The van der Waals surface area contributed by atoms with Crippen LogP contribution in [0.1, 0.15) is 35.4 Å². The van der Waals surface area contributed by atoms with Crippen molar-refractivity contribution in [3.05, 3.63) is 69.7 Å². The van der Waals surface area contributed by atoms with Gasteiger partial charge in [0.15, 0.2) is 0 Å². The van der Waals surface area contributed by atoms with Crippen molar-refractivity contribution in [2.75, 3.05) is 6.54 Å². The SMILES string of the molecule is Brc1ccc(CNCC2CCCc3ccccc32)cc1. The van der Waals surface area contributed by atoms with Crippen LogP contribution in [-0.2, 0) is 13.0 Å². The summed E-state index contributed by atoms with van der Waals surface area (Å²) in [5.74, 6) is 0.676. The fourth-order valence-electron chi connectivity index (χ4n) is 3.06. The maximum Gasteiger partial charge on any atom is 0.0205 e. The predicted molar refractivity (Wildman–Crippen MR) is 88.0 cm³/mol. The Labute approximate surface area is 129 Å². The molecule has 1 aliphatic carbocycles. The van der Waals surface area contributed by atoms with Gasteiger partial charge < -0.3 is 5.32 Å². The van der Waals surface area contributed by atoms with Gasteiger partial charge in [-0.1, -0.05) is 52.3 Å². The van der Waals surface area contributed by atoms with Crippen molar-refractivity contribution in [2.45, 2.75) is 31.7 Å². The van der Waals surface area contributed by atoms with E-state index in [-0.39, 0.29) is 0 Å². The number of rotatable bonds is 4. The molecule has 1 aliphatic rings. The predicted octanol–water partition coefficient (Wildman–Crippen LogP) is 4.66. The summed E-state index contributed by atoms with van der Waals surface area (Å²) in [5.41, 5.74) is 4.45. The first-order valence-electron chi connectivity index (χ1n) is 7.36. The van der Waals surface area contributed by atoms with Crippen LogP contribution in [-0.4, -0.2) is 6.54 Å². The molecule has 0 heterocycles. The van der Waals surface area contributed by atoms with Crippen molar-refractivity contribution in [2.24, 2.45) is 0 Å². The zero-order valence-corrected chi connectivity index (χ0v) is 13.2. The fourth-order valence-corrected chi connectivity index (χ4v) is 3.32. The number of fused-ring (bicyclic) bond motifs is 1. The van der Waals surface area contributed by atoms with Crippen LogP contribution in [0, 0.1) is 0 Å². The van der Waals surface area contributed by atoms with Crippen molar-refractivity contribution < 1.29 is 0 Å². The summed E-state index contributed by atoms with van der Waals surface area (Å²) in [6.45, 7) is 2.03. The highest BCUT2D eigenvalue weighted by molar-refractivity contribution is 9.10. The van der Waals surface area contributed by atoms with Gasteiger partial charge in [0.05, 0.1) is 0 Å². The number of nitrogens with one attached hydrogen (secondary N) is 1. The molecule has 0 saturated carbocycles. The van der Waals surface area contributed by atoms with Crippen molar-refractivity contribution in [1.82, 2.24) is 5.32 Å². The number of halogens is 1. The zero-order valence-electron chi connectivity index (χ0n) is 11.6. The Kier molecular flexibility index (Phi) is 4.54. The quantitative estimate of drug-likeness (QED) is 0.860. The van der Waals surface area contributed by atoms with Gasteiger partial charge in [0.1, 0.15) is 0 Å². The highest BCUT2D eigenvalue weighted by atomic mass is 79.9. The lowest BCUT2D eigenvalue weighted by molar-refractivity contribution is 0.507. The van der Waals surface area contributed by atoms with Gasteiger partial charge in [-0.3, -0.25) is 0 Å². The molecule has 104 valence electrons. The fraction of sp³-hybridized carbons (Fsp3) is 0.333. The largest absolute Gasteiger partial charge is 0.312 e. The van der Waals surface area contributed by atoms with Crippen LogP contribution in [0.3, 0.4) is 0 Å². The van der Waals surface area contributed by atoms with E-state index in [1.54, 1.807) is 11.1 Å². The van der Waals surface area contributed by atoms with Gasteiger partial charge in [-0.2, -0.15) is 0 Å². The second-order valence-corrected chi connectivity index (χ2v) is 6.46. The van der Waals surface area contributed by atoms with E-state index in [0.29, 0.717) is 5.92 Å². The molecule has 1 unspecified atom stereocenters. The van der Waals surface area contributed by atoms with E-state index < -0.39 is 0 Å². The zero-order chi connectivity index (χ0) is 13.8. The molecule has 2 aromatic rings. The van der Waals surface area contributed by atoms with Crippen LogP contribution < -0.4 is 5.32 Å².